The second-order valence-electron chi connectivity index (χ2n) is 6.67. The van der Waals surface area contributed by atoms with Gasteiger partial charge in [0, 0.05) is 24.0 Å². The van der Waals surface area contributed by atoms with Gasteiger partial charge in [-0.1, -0.05) is 0 Å². The fourth-order valence-corrected chi connectivity index (χ4v) is 3.22. The first-order valence-electron chi connectivity index (χ1n) is 8.62. The molecule has 0 aromatic heterocycles. The summed E-state index contributed by atoms with van der Waals surface area (Å²) in [6, 6.07) is 10.7. The maximum Gasteiger partial charge on any atom is 0.163 e. The summed E-state index contributed by atoms with van der Waals surface area (Å²) in [6.45, 7) is 4.00. The summed E-state index contributed by atoms with van der Waals surface area (Å²) >= 11 is 0. The van der Waals surface area contributed by atoms with E-state index in [1.807, 2.05) is 32.0 Å². The van der Waals surface area contributed by atoms with Crippen molar-refractivity contribution >= 4 is 11.6 Å². The lowest BCUT2D eigenvalue weighted by Crippen LogP contribution is -2.05. The summed E-state index contributed by atoms with van der Waals surface area (Å²) in [5.41, 5.74) is 3.77. The maximum absolute atomic E-state index is 11.4. The summed E-state index contributed by atoms with van der Waals surface area (Å²) < 4.78 is 5.56. The number of benzene rings is 2. The van der Waals surface area contributed by atoms with Gasteiger partial charge in [-0.2, -0.15) is 0 Å². The Morgan fingerprint density at radius 3 is 2.00 bits per heavy atom. The van der Waals surface area contributed by atoms with E-state index < -0.39 is 0 Å². The molecular weight excluding hydrogens is 316 g/mol. The molecule has 130 valence electrons. The topological polar surface area (TPSA) is 63.6 Å². The number of carbonyl (C=O) groups excluding carboxylic acids is 2. The van der Waals surface area contributed by atoms with E-state index in [-0.39, 0.29) is 23.4 Å². The van der Waals surface area contributed by atoms with Crippen molar-refractivity contribution in [3.63, 3.8) is 0 Å². The monoisotopic (exact) mass is 338 g/mol. The number of hydrogen-bond acceptors (Lipinski definition) is 4. The molecule has 4 rings (SSSR count). The van der Waals surface area contributed by atoms with Crippen LogP contribution in [-0.2, 0) is 12.8 Å². The van der Waals surface area contributed by atoms with E-state index in [1.165, 1.54) is 0 Å². The first kappa shape index (κ1) is 17.2. The number of Topliss-reactive ketones (excluding diaryl/α,β-unsaturated/α-hetero) is 2. The molecule has 0 radical (unpaired) electrons. The van der Waals surface area contributed by atoms with Crippen LogP contribution >= 0.6 is 0 Å². The van der Waals surface area contributed by atoms with Crippen LogP contribution in [0.4, 0.5) is 0 Å². The highest BCUT2D eigenvalue weighted by Crippen LogP contribution is 2.26. The number of fused-ring (bicyclic) bond motifs is 2. The lowest BCUT2D eigenvalue weighted by Gasteiger charge is -2.10. The molecule has 0 heterocycles. The Morgan fingerprint density at radius 1 is 0.840 bits per heavy atom. The molecule has 2 aliphatic rings. The molecule has 4 nitrogen and oxygen atoms in total. The van der Waals surface area contributed by atoms with Crippen molar-refractivity contribution in [2.75, 3.05) is 0 Å². The van der Waals surface area contributed by atoms with Crippen molar-refractivity contribution in [1.82, 2.24) is 0 Å². The van der Waals surface area contributed by atoms with Gasteiger partial charge in [-0.15, -0.1) is 0 Å². The molecular formula is C21H22O4. The van der Waals surface area contributed by atoms with E-state index in [1.54, 1.807) is 18.2 Å². The number of aromatic hydroxyl groups is 1. The number of aryl methyl sites for hydroxylation is 2. The predicted octanol–water partition coefficient (Wildman–Crippen LogP) is 4.12. The third kappa shape index (κ3) is 3.90. The fraction of sp³-hybridized carbons (Fsp3) is 0.333. The first-order chi connectivity index (χ1) is 11.9. The SMILES string of the molecule is CC(C)Oc1ccc2c(c1)CCC2=O.O=C1CCc2cc(O)ccc21. The normalized spacial score (nSPS) is 14.8. The van der Waals surface area contributed by atoms with Crippen molar-refractivity contribution in [1.29, 1.82) is 0 Å². The number of hydrogen-bond donors (Lipinski definition) is 1. The van der Waals surface area contributed by atoms with Gasteiger partial charge >= 0.3 is 0 Å². The highest BCUT2D eigenvalue weighted by molar-refractivity contribution is 6.01. The van der Waals surface area contributed by atoms with E-state index in [2.05, 4.69) is 0 Å². The van der Waals surface area contributed by atoms with Crippen molar-refractivity contribution < 1.29 is 19.4 Å². The third-order valence-electron chi connectivity index (χ3n) is 4.38. The average Bonchev–Trinajstić information content (AvgIpc) is 3.11. The van der Waals surface area contributed by atoms with Crippen LogP contribution < -0.4 is 4.74 Å². The zero-order valence-corrected chi connectivity index (χ0v) is 14.5. The lowest BCUT2D eigenvalue weighted by molar-refractivity contribution is 0.0986. The van der Waals surface area contributed by atoms with E-state index in [0.717, 1.165) is 40.8 Å². The molecule has 2 aromatic rings. The molecule has 0 bridgehead atoms. The lowest BCUT2D eigenvalue weighted by atomic mass is 10.1. The second-order valence-corrected chi connectivity index (χ2v) is 6.67. The Bertz CT molecular complexity index is 821. The number of rotatable bonds is 2. The van der Waals surface area contributed by atoms with Crippen LogP contribution in [0.1, 0.15) is 58.5 Å². The molecule has 0 unspecified atom stereocenters. The van der Waals surface area contributed by atoms with Crippen LogP contribution in [0, 0.1) is 0 Å². The zero-order chi connectivity index (χ0) is 18.0. The van der Waals surface area contributed by atoms with Crippen molar-refractivity contribution in [3.8, 4) is 11.5 Å². The van der Waals surface area contributed by atoms with Crippen LogP contribution in [0.15, 0.2) is 36.4 Å². The molecule has 0 atom stereocenters. The average molecular weight is 338 g/mol. The molecule has 2 aliphatic carbocycles. The molecule has 0 aliphatic heterocycles. The largest absolute Gasteiger partial charge is 0.508 e. The molecule has 0 saturated carbocycles. The van der Waals surface area contributed by atoms with Gasteiger partial charge in [0.2, 0.25) is 0 Å². The Balaban J connectivity index is 0.000000150. The predicted molar refractivity (Wildman–Crippen MR) is 95.6 cm³/mol. The van der Waals surface area contributed by atoms with Gasteiger partial charge in [-0.25, -0.2) is 0 Å². The number of phenols is 1. The smallest absolute Gasteiger partial charge is 0.163 e. The minimum atomic E-state index is 0.185. The van der Waals surface area contributed by atoms with Crippen LogP contribution in [-0.4, -0.2) is 22.8 Å². The van der Waals surface area contributed by atoms with Crippen LogP contribution in [0.3, 0.4) is 0 Å². The Hall–Kier alpha value is -2.62. The van der Waals surface area contributed by atoms with Crippen molar-refractivity contribution in [3.05, 3.63) is 58.7 Å². The van der Waals surface area contributed by atoms with Gasteiger partial charge in [0.05, 0.1) is 6.10 Å². The molecule has 1 N–H and O–H groups in total. The van der Waals surface area contributed by atoms with Gasteiger partial charge in [-0.3, -0.25) is 9.59 Å². The highest BCUT2D eigenvalue weighted by Gasteiger charge is 2.20. The standard InChI is InChI=1S/C12H14O2.C9H8O2/c1-8(2)14-10-4-5-11-9(7-10)3-6-12(11)13;10-7-2-3-8-6(5-7)1-4-9(8)11/h4-5,7-8H,3,6H2,1-2H3;2-3,5,10H,1,4H2. The minimum absolute atomic E-state index is 0.185. The Kier molecular flexibility index (Phi) is 4.88. The number of phenolic OH excluding ortho intramolecular Hbond substituents is 1. The second kappa shape index (κ2) is 7.09. The zero-order valence-electron chi connectivity index (χ0n) is 14.5. The first-order valence-corrected chi connectivity index (χ1v) is 8.62. The quantitative estimate of drug-likeness (QED) is 0.894. The maximum atomic E-state index is 11.4. The summed E-state index contributed by atoms with van der Waals surface area (Å²) in [5.74, 6) is 1.57. The van der Waals surface area contributed by atoms with Gasteiger partial charge in [0.1, 0.15) is 11.5 Å². The van der Waals surface area contributed by atoms with E-state index >= 15 is 0 Å². The molecule has 0 amide bonds. The van der Waals surface area contributed by atoms with Crippen LogP contribution in [0.25, 0.3) is 0 Å². The third-order valence-corrected chi connectivity index (χ3v) is 4.38. The van der Waals surface area contributed by atoms with Gasteiger partial charge in [0.15, 0.2) is 11.6 Å². The molecule has 0 fully saturated rings. The molecule has 0 saturated heterocycles. The van der Waals surface area contributed by atoms with Gasteiger partial charge in [-0.05, 0) is 74.2 Å². The Morgan fingerprint density at radius 2 is 1.40 bits per heavy atom. The highest BCUT2D eigenvalue weighted by atomic mass is 16.5. The number of ketones is 2. The van der Waals surface area contributed by atoms with E-state index in [9.17, 15) is 9.59 Å². The van der Waals surface area contributed by atoms with Crippen LogP contribution in [0.5, 0.6) is 11.5 Å². The fourth-order valence-electron chi connectivity index (χ4n) is 3.22. The van der Waals surface area contributed by atoms with E-state index in [0.29, 0.717) is 12.8 Å². The molecule has 4 heteroatoms. The number of carbonyl (C=O) groups is 2. The minimum Gasteiger partial charge on any atom is -0.508 e. The number of ether oxygens (including phenoxy) is 1. The van der Waals surface area contributed by atoms with Crippen LogP contribution in [0.2, 0.25) is 0 Å². The summed E-state index contributed by atoms with van der Waals surface area (Å²) in [7, 11) is 0. The van der Waals surface area contributed by atoms with Crippen molar-refractivity contribution in [2.24, 2.45) is 0 Å². The summed E-state index contributed by atoms with van der Waals surface area (Å²) in [5, 5.41) is 9.07. The van der Waals surface area contributed by atoms with Crippen molar-refractivity contribution in [2.45, 2.75) is 45.6 Å². The van der Waals surface area contributed by atoms with E-state index in [4.69, 9.17) is 9.84 Å². The summed E-state index contributed by atoms with van der Waals surface area (Å²) in [4.78, 5) is 22.5. The summed E-state index contributed by atoms with van der Waals surface area (Å²) in [6.07, 6.45) is 3.08. The van der Waals surface area contributed by atoms with Gasteiger partial charge in [0.25, 0.3) is 0 Å². The van der Waals surface area contributed by atoms with Gasteiger partial charge < -0.3 is 9.84 Å². The Labute approximate surface area is 147 Å². The molecule has 2 aromatic carbocycles. The molecule has 25 heavy (non-hydrogen) atoms. The molecule has 0 spiro atoms.